The molecule has 2 aromatic rings. The average Bonchev–Trinajstić information content (AvgIpc) is 3.10. The molecule has 1 aliphatic rings. The molecule has 0 amide bonds. The van der Waals surface area contributed by atoms with Gasteiger partial charge in [0.05, 0.1) is 6.20 Å². The summed E-state index contributed by atoms with van der Waals surface area (Å²) < 4.78 is 1.85. The van der Waals surface area contributed by atoms with Crippen LogP contribution in [-0.2, 0) is 13.6 Å². The van der Waals surface area contributed by atoms with Crippen LogP contribution in [0.25, 0.3) is 10.4 Å². The van der Waals surface area contributed by atoms with Gasteiger partial charge in [0, 0.05) is 47.7 Å². The van der Waals surface area contributed by atoms with Crippen molar-refractivity contribution in [3.8, 4) is 10.4 Å². The molecule has 0 saturated carbocycles. The molecule has 19 heavy (non-hydrogen) atoms. The Morgan fingerprint density at radius 1 is 1.47 bits per heavy atom. The van der Waals surface area contributed by atoms with Crippen LogP contribution in [0.1, 0.15) is 17.7 Å². The average molecular weight is 276 g/mol. The van der Waals surface area contributed by atoms with Crippen molar-refractivity contribution in [3.05, 3.63) is 29.4 Å². The fourth-order valence-corrected chi connectivity index (χ4v) is 3.75. The van der Waals surface area contributed by atoms with Crippen molar-refractivity contribution in [3.63, 3.8) is 0 Å². The first-order chi connectivity index (χ1) is 9.26. The van der Waals surface area contributed by atoms with Crippen LogP contribution in [0.5, 0.6) is 0 Å². The summed E-state index contributed by atoms with van der Waals surface area (Å²) in [5, 5.41) is 4.23. The summed E-state index contributed by atoms with van der Waals surface area (Å²) in [5.74, 6) is 0. The van der Waals surface area contributed by atoms with Crippen LogP contribution in [0.3, 0.4) is 0 Å². The molecule has 2 aromatic heterocycles. The van der Waals surface area contributed by atoms with Gasteiger partial charge in [0.25, 0.3) is 0 Å². The smallest absolute Gasteiger partial charge is 0.0576 e. The molecule has 1 atom stereocenters. The maximum atomic E-state index is 5.83. The van der Waals surface area contributed by atoms with Crippen LogP contribution in [0.15, 0.2) is 24.5 Å². The summed E-state index contributed by atoms with van der Waals surface area (Å²) in [7, 11) is 1.95. The van der Waals surface area contributed by atoms with Crippen LogP contribution in [0.4, 0.5) is 0 Å². The van der Waals surface area contributed by atoms with E-state index in [-0.39, 0.29) is 0 Å². The van der Waals surface area contributed by atoms with Crippen LogP contribution < -0.4 is 5.73 Å². The molecule has 0 radical (unpaired) electrons. The molecule has 1 unspecified atom stereocenters. The first kappa shape index (κ1) is 12.8. The summed E-state index contributed by atoms with van der Waals surface area (Å²) in [4.78, 5) is 5.23. The lowest BCUT2D eigenvalue weighted by atomic mass is 10.2. The third-order valence-electron chi connectivity index (χ3n) is 3.78. The van der Waals surface area contributed by atoms with E-state index in [1.54, 1.807) is 0 Å². The predicted octanol–water partition coefficient (Wildman–Crippen LogP) is 2.07. The Labute approximate surface area is 117 Å². The van der Waals surface area contributed by atoms with Crippen molar-refractivity contribution in [2.75, 3.05) is 13.1 Å². The second kappa shape index (κ2) is 5.45. The number of aryl methyl sites for hydroxylation is 1. The number of nitrogens with two attached hydrogens (primary N) is 1. The number of hydrogen-bond donors (Lipinski definition) is 1. The quantitative estimate of drug-likeness (QED) is 0.930. The highest BCUT2D eigenvalue weighted by molar-refractivity contribution is 7.15. The number of nitrogens with zero attached hydrogens (tertiary/aromatic N) is 3. The van der Waals surface area contributed by atoms with Gasteiger partial charge in [0.1, 0.15) is 0 Å². The topological polar surface area (TPSA) is 47.1 Å². The normalized spacial score (nSPS) is 20.2. The van der Waals surface area contributed by atoms with Crippen molar-refractivity contribution >= 4 is 11.3 Å². The second-order valence-electron chi connectivity index (χ2n) is 5.17. The summed E-state index contributed by atoms with van der Waals surface area (Å²) in [6.07, 6.45) is 6.52. The summed E-state index contributed by atoms with van der Waals surface area (Å²) in [6.45, 7) is 3.00. The van der Waals surface area contributed by atoms with Gasteiger partial charge in [-0.15, -0.1) is 11.3 Å². The van der Waals surface area contributed by atoms with Crippen LogP contribution in [0.2, 0.25) is 0 Å². The first-order valence-electron chi connectivity index (χ1n) is 6.78. The van der Waals surface area contributed by atoms with Gasteiger partial charge < -0.3 is 5.73 Å². The fraction of sp³-hybridized carbons (Fsp3) is 0.500. The van der Waals surface area contributed by atoms with E-state index < -0.39 is 0 Å². The minimum Gasteiger partial charge on any atom is -0.329 e. The zero-order valence-corrected chi connectivity index (χ0v) is 12.1. The lowest BCUT2D eigenvalue weighted by Gasteiger charge is -2.22. The van der Waals surface area contributed by atoms with Crippen LogP contribution >= 0.6 is 11.3 Å². The summed E-state index contributed by atoms with van der Waals surface area (Å²) in [6, 6.07) is 5.01. The fourth-order valence-electron chi connectivity index (χ4n) is 2.74. The van der Waals surface area contributed by atoms with Crippen molar-refractivity contribution in [2.45, 2.75) is 25.4 Å². The number of rotatable bonds is 4. The van der Waals surface area contributed by atoms with Crippen LogP contribution in [-0.4, -0.2) is 33.8 Å². The van der Waals surface area contributed by atoms with E-state index in [9.17, 15) is 0 Å². The molecule has 1 fully saturated rings. The lowest BCUT2D eigenvalue weighted by Crippen LogP contribution is -2.34. The summed E-state index contributed by atoms with van der Waals surface area (Å²) >= 11 is 1.86. The van der Waals surface area contributed by atoms with E-state index >= 15 is 0 Å². The van der Waals surface area contributed by atoms with Crippen molar-refractivity contribution in [1.82, 2.24) is 14.7 Å². The van der Waals surface area contributed by atoms with E-state index in [4.69, 9.17) is 5.73 Å². The Hall–Kier alpha value is -1.17. The standard InChI is InChI=1S/C14H20N4S/c1-17-9-11(8-16-17)14-5-4-13(19-14)10-18-6-2-3-12(18)7-15/h4-5,8-9,12H,2-3,6-7,10,15H2,1H3. The number of likely N-dealkylation sites (tertiary alicyclic amines) is 1. The summed E-state index contributed by atoms with van der Waals surface area (Å²) in [5.41, 5.74) is 7.03. The Morgan fingerprint density at radius 3 is 3.11 bits per heavy atom. The van der Waals surface area contributed by atoms with Gasteiger partial charge >= 0.3 is 0 Å². The molecule has 4 nitrogen and oxygen atoms in total. The van der Waals surface area contributed by atoms with Crippen LogP contribution in [0, 0.1) is 0 Å². The number of hydrogen-bond acceptors (Lipinski definition) is 4. The van der Waals surface area contributed by atoms with E-state index in [1.807, 2.05) is 29.3 Å². The molecule has 1 saturated heterocycles. The highest BCUT2D eigenvalue weighted by Gasteiger charge is 2.23. The third kappa shape index (κ3) is 2.73. The lowest BCUT2D eigenvalue weighted by molar-refractivity contribution is 0.252. The zero-order chi connectivity index (χ0) is 13.2. The zero-order valence-electron chi connectivity index (χ0n) is 11.2. The maximum Gasteiger partial charge on any atom is 0.0576 e. The largest absolute Gasteiger partial charge is 0.329 e. The molecule has 1 aliphatic heterocycles. The van der Waals surface area contributed by atoms with E-state index in [2.05, 4.69) is 28.3 Å². The number of aromatic nitrogens is 2. The van der Waals surface area contributed by atoms with Crippen molar-refractivity contribution < 1.29 is 0 Å². The second-order valence-corrected chi connectivity index (χ2v) is 6.34. The molecule has 102 valence electrons. The molecule has 0 bridgehead atoms. The van der Waals surface area contributed by atoms with Gasteiger partial charge in [-0.2, -0.15) is 5.10 Å². The van der Waals surface area contributed by atoms with E-state index in [0.29, 0.717) is 6.04 Å². The highest BCUT2D eigenvalue weighted by Crippen LogP contribution is 2.29. The van der Waals surface area contributed by atoms with Gasteiger partial charge in [0.2, 0.25) is 0 Å². The van der Waals surface area contributed by atoms with Crippen molar-refractivity contribution in [1.29, 1.82) is 0 Å². The van der Waals surface area contributed by atoms with Gasteiger partial charge in [0.15, 0.2) is 0 Å². The molecule has 0 spiro atoms. The van der Waals surface area contributed by atoms with Crippen molar-refractivity contribution in [2.24, 2.45) is 12.8 Å². The molecule has 3 heterocycles. The SMILES string of the molecule is Cn1cc(-c2ccc(CN3CCCC3CN)s2)cn1. The first-order valence-corrected chi connectivity index (χ1v) is 7.60. The highest BCUT2D eigenvalue weighted by atomic mass is 32.1. The Kier molecular flexibility index (Phi) is 3.68. The molecular weight excluding hydrogens is 256 g/mol. The van der Waals surface area contributed by atoms with Gasteiger partial charge in [-0.3, -0.25) is 9.58 Å². The monoisotopic (exact) mass is 276 g/mol. The Morgan fingerprint density at radius 2 is 2.37 bits per heavy atom. The molecule has 5 heteroatoms. The van der Waals surface area contributed by atoms with Gasteiger partial charge in [-0.05, 0) is 31.5 Å². The third-order valence-corrected chi connectivity index (χ3v) is 4.90. The molecule has 0 aliphatic carbocycles. The molecule has 3 rings (SSSR count). The Balaban J connectivity index is 1.71. The minimum atomic E-state index is 0.573. The molecule has 2 N–H and O–H groups in total. The van der Waals surface area contributed by atoms with Gasteiger partial charge in [-0.25, -0.2) is 0 Å². The van der Waals surface area contributed by atoms with E-state index in [0.717, 1.165) is 13.1 Å². The maximum absolute atomic E-state index is 5.83. The number of thiophene rings is 1. The molecule has 0 aromatic carbocycles. The van der Waals surface area contributed by atoms with E-state index in [1.165, 1.54) is 34.7 Å². The molecular formula is C14H20N4S. The minimum absolute atomic E-state index is 0.573. The van der Waals surface area contributed by atoms with Gasteiger partial charge in [-0.1, -0.05) is 0 Å². The Bertz CT molecular complexity index is 545. The predicted molar refractivity (Wildman–Crippen MR) is 79.0 cm³/mol.